The van der Waals surface area contributed by atoms with E-state index in [4.69, 9.17) is 28.7 Å². The lowest BCUT2D eigenvalue weighted by Gasteiger charge is -2.32. The molecule has 1 saturated carbocycles. The van der Waals surface area contributed by atoms with E-state index in [1.54, 1.807) is 48.5 Å². The number of hydrogen-bond acceptors (Lipinski definition) is 10. The molecule has 0 aromatic heterocycles. The number of ketones is 2. The number of ether oxygens (including phenoxy) is 2. The van der Waals surface area contributed by atoms with Gasteiger partial charge < -0.3 is 14.8 Å². The molecule has 0 unspecified atom stereocenters. The Labute approximate surface area is 231 Å². The molecule has 0 radical (unpaired) electrons. The van der Waals surface area contributed by atoms with Crippen LogP contribution in [0.3, 0.4) is 0 Å². The Bertz CT molecular complexity index is 1200. The van der Waals surface area contributed by atoms with Crippen LogP contribution in [0.4, 0.5) is 0 Å². The van der Waals surface area contributed by atoms with E-state index < -0.39 is 5.54 Å². The molecule has 1 amide bonds. The van der Waals surface area contributed by atoms with Crippen LogP contribution in [0.5, 0.6) is 11.5 Å². The van der Waals surface area contributed by atoms with Gasteiger partial charge in [-0.2, -0.15) is 19.2 Å². The highest BCUT2D eigenvalue weighted by atomic mass is 16.5. The minimum absolute atomic E-state index is 0.0386. The summed E-state index contributed by atoms with van der Waals surface area (Å²) >= 11 is 0. The maximum absolute atomic E-state index is 12.8. The van der Waals surface area contributed by atoms with E-state index in [0.29, 0.717) is 35.5 Å². The van der Waals surface area contributed by atoms with Crippen molar-refractivity contribution >= 4 is 35.7 Å². The van der Waals surface area contributed by atoms with Crippen LogP contribution in [0.25, 0.3) is 0 Å². The van der Waals surface area contributed by atoms with Crippen LogP contribution in [0, 0.1) is 5.92 Å². The van der Waals surface area contributed by atoms with Gasteiger partial charge in [0, 0.05) is 30.0 Å². The van der Waals surface area contributed by atoms with Crippen molar-refractivity contribution in [3.05, 3.63) is 59.7 Å². The van der Waals surface area contributed by atoms with E-state index >= 15 is 0 Å². The number of rotatable bonds is 12. The number of carbonyl (C=O) groups is 4. The highest BCUT2D eigenvalue weighted by molar-refractivity contribution is 5.98. The van der Waals surface area contributed by atoms with Crippen molar-refractivity contribution < 1.29 is 47.8 Å². The van der Waals surface area contributed by atoms with Gasteiger partial charge >= 0.3 is 18.3 Å². The number of carbonyl (C=O) groups excluding carboxylic acids is 8. The van der Waals surface area contributed by atoms with Gasteiger partial charge in [0.1, 0.15) is 11.5 Å². The van der Waals surface area contributed by atoms with Gasteiger partial charge in [0.25, 0.3) is 0 Å². The average molecular weight is 554 g/mol. The van der Waals surface area contributed by atoms with Crippen molar-refractivity contribution in [3.63, 3.8) is 0 Å². The molecule has 3 rings (SSSR count). The fourth-order valence-electron chi connectivity index (χ4n) is 3.71. The normalized spacial score (nSPS) is 11.6. The summed E-state index contributed by atoms with van der Waals surface area (Å²) in [5.41, 5.74) is 0.435. The molecule has 1 N–H and O–H groups in total. The first-order chi connectivity index (χ1) is 19.1. The predicted molar refractivity (Wildman–Crippen MR) is 137 cm³/mol. The van der Waals surface area contributed by atoms with Crippen LogP contribution in [0.1, 0.15) is 73.6 Å². The molecule has 0 aliphatic heterocycles. The molecule has 1 aliphatic carbocycles. The number of nitrogens with one attached hydrogen (secondary N) is 1. The van der Waals surface area contributed by atoms with Gasteiger partial charge in [0.05, 0.1) is 5.92 Å². The first kappa shape index (κ1) is 33.3. The molecule has 0 bridgehead atoms. The third kappa shape index (κ3) is 11.3. The molecule has 11 heteroatoms. The molecule has 0 atom stereocenters. The number of esters is 1. The van der Waals surface area contributed by atoms with E-state index in [9.17, 15) is 19.2 Å². The Balaban J connectivity index is 0.00000122. The molecule has 1 aliphatic rings. The van der Waals surface area contributed by atoms with Crippen molar-refractivity contribution in [2.45, 2.75) is 58.4 Å². The lowest BCUT2D eigenvalue weighted by Crippen LogP contribution is -2.48. The zero-order chi connectivity index (χ0) is 30.1. The smallest absolute Gasteiger partial charge is 0.373 e. The topological polar surface area (TPSA) is 167 Å². The predicted octanol–water partition coefficient (Wildman–Crippen LogP) is 3.72. The Hall–Kier alpha value is -4.72. The van der Waals surface area contributed by atoms with E-state index in [1.165, 1.54) is 6.92 Å². The summed E-state index contributed by atoms with van der Waals surface area (Å²) in [6.45, 7) is 5.12. The molecule has 11 nitrogen and oxygen atoms in total. The van der Waals surface area contributed by atoms with Crippen LogP contribution in [-0.2, 0) is 33.5 Å². The quantitative estimate of drug-likeness (QED) is 0.302. The molecule has 0 heterocycles. The van der Waals surface area contributed by atoms with Crippen LogP contribution in [0.2, 0.25) is 0 Å². The number of hydrogen-bond donors (Lipinski definition) is 1. The molecule has 0 saturated heterocycles. The number of benzene rings is 2. The summed E-state index contributed by atoms with van der Waals surface area (Å²) in [5.74, 6) is 0.281. The fraction of sp³-hybridized carbons (Fsp3) is 0.379. The van der Waals surface area contributed by atoms with Gasteiger partial charge in [-0.05, 0) is 74.2 Å². The minimum Gasteiger partial charge on any atom is -0.457 e. The SMILES string of the molecule is CCC(CC)(CC(=O)c1ccc(Oc2ccc(C(=O)COC(=O)C3CC3)cc2)cc1)NC(C)=O.O=C=O.O=C=O. The summed E-state index contributed by atoms with van der Waals surface area (Å²) in [6.07, 6.45) is 3.73. The summed E-state index contributed by atoms with van der Waals surface area (Å²) in [7, 11) is 0. The molecule has 0 spiro atoms. The van der Waals surface area contributed by atoms with E-state index in [1.807, 2.05) is 13.8 Å². The molecular weight excluding hydrogens is 522 g/mol. The second-order valence-corrected chi connectivity index (χ2v) is 8.89. The minimum atomic E-state index is -0.548. The largest absolute Gasteiger partial charge is 0.457 e. The maximum atomic E-state index is 12.8. The van der Waals surface area contributed by atoms with Gasteiger partial charge in [-0.15, -0.1) is 0 Å². The van der Waals surface area contributed by atoms with Gasteiger partial charge in [-0.25, -0.2) is 0 Å². The van der Waals surface area contributed by atoms with Crippen molar-refractivity contribution in [1.82, 2.24) is 5.32 Å². The Morgan fingerprint density at radius 2 is 1.23 bits per heavy atom. The summed E-state index contributed by atoms with van der Waals surface area (Å²) < 4.78 is 10.9. The lowest BCUT2D eigenvalue weighted by molar-refractivity contribution is -0.193. The van der Waals surface area contributed by atoms with Gasteiger partial charge in [0.2, 0.25) is 5.91 Å². The first-order valence-electron chi connectivity index (χ1n) is 12.5. The standard InChI is InChI=1S/C27H31NO6.2CO2/c1-4-27(5-2,28-18(3)29)16-24(30)19-8-12-22(13-9-19)34-23-14-10-20(11-15-23)25(31)17-33-26(32)21-6-7-21;2*2-1-3/h8-15,21H,4-7,16-17H2,1-3H3,(H,28,29);;. The van der Waals surface area contributed by atoms with Crippen LogP contribution in [-0.4, -0.2) is 47.9 Å². The van der Waals surface area contributed by atoms with E-state index in [0.717, 1.165) is 12.8 Å². The molecular formula is C29H31NO10. The summed E-state index contributed by atoms with van der Waals surface area (Å²) in [5, 5.41) is 2.94. The van der Waals surface area contributed by atoms with Crippen LogP contribution >= 0.6 is 0 Å². The third-order valence-corrected chi connectivity index (χ3v) is 6.14. The van der Waals surface area contributed by atoms with E-state index in [-0.39, 0.29) is 54.7 Å². The molecule has 2 aromatic carbocycles. The third-order valence-electron chi connectivity index (χ3n) is 6.14. The van der Waals surface area contributed by atoms with Crippen molar-refractivity contribution in [2.24, 2.45) is 5.92 Å². The van der Waals surface area contributed by atoms with Crippen molar-refractivity contribution in [3.8, 4) is 11.5 Å². The van der Waals surface area contributed by atoms with Crippen LogP contribution < -0.4 is 10.1 Å². The Kier molecular flexibility index (Phi) is 14.1. The monoisotopic (exact) mass is 553 g/mol. The zero-order valence-electron chi connectivity index (χ0n) is 22.5. The summed E-state index contributed by atoms with van der Waals surface area (Å²) in [4.78, 5) is 80.7. The second-order valence-electron chi connectivity index (χ2n) is 8.89. The second kappa shape index (κ2) is 17.0. The number of Topliss-reactive ketones (excluding diaryl/α,β-unsaturated/α-hetero) is 2. The fourth-order valence-corrected chi connectivity index (χ4v) is 3.71. The van der Waals surface area contributed by atoms with Crippen LogP contribution in [0.15, 0.2) is 48.5 Å². The van der Waals surface area contributed by atoms with Gasteiger partial charge in [0.15, 0.2) is 18.2 Å². The van der Waals surface area contributed by atoms with Gasteiger partial charge in [-0.1, -0.05) is 13.8 Å². The highest BCUT2D eigenvalue weighted by Gasteiger charge is 2.32. The first-order valence-corrected chi connectivity index (χ1v) is 12.5. The molecule has 1 fully saturated rings. The number of amides is 1. The van der Waals surface area contributed by atoms with E-state index in [2.05, 4.69) is 5.32 Å². The van der Waals surface area contributed by atoms with Crippen molar-refractivity contribution in [2.75, 3.05) is 6.61 Å². The average Bonchev–Trinajstić information content (AvgIpc) is 3.78. The van der Waals surface area contributed by atoms with Crippen molar-refractivity contribution in [1.29, 1.82) is 0 Å². The Morgan fingerprint density at radius 3 is 1.60 bits per heavy atom. The molecule has 212 valence electrons. The maximum Gasteiger partial charge on any atom is 0.373 e. The lowest BCUT2D eigenvalue weighted by atomic mass is 9.85. The zero-order valence-corrected chi connectivity index (χ0v) is 22.5. The molecule has 2 aromatic rings. The molecule has 40 heavy (non-hydrogen) atoms. The van der Waals surface area contributed by atoms with Gasteiger partial charge in [-0.3, -0.25) is 19.2 Å². The Morgan fingerprint density at radius 1 is 0.800 bits per heavy atom. The summed E-state index contributed by atoms with van der Waals surface area (Å²) in [6, 6.07) is 13.4. The highest BCUT2D eigenvalue weighted by Crippen LogP contribution is 2.30.